The van der Waals surface area contributed by atoms with Gasteiger partial charge in [0.1, 0.15) is 0 Å². The van der Waals surface area contributed by atoms with Crippen LogP contribution < -0.4 is 5.73 Å². The van der Waals surface area contributed by atoms with Crippen molar-refractivity contribution < 1.29 is 9.53 Å². The maximum Gasteiger partial charge on any atom is 0.253 e. The van der Waals surface area contributed by atoms with Crippen molar-refractivity contribution in [2.24, 2.45) is 11.7 Å². The summed E-state index contributed by atoms with van der Waals surface area (Å²) in [6, 6.07) is 7.68. The summed E-state index contributed by atoms with van der Waals surface area (Å²) in [5.74, 6) is 0.461. The molecular formula is C16H26N2O2. The molecule has 0 aromatic heterocycles. The zero-order valence-corrected chi connectivity index (χ0v) is 12.9. The average molecular weight is 278 g/mol. The summed E-state index contributed by atoms with van der Waals surface area (Å²) in [4.78, 5) is 14.1. The SMILES string of the molecule is COCc1cccc(C(=O)N(C)CCC(N)C(C)C)c1. The number of rotatable bonds is 7. The molecule has 1 atom stereocenters. The van der Waals surface area contributed by atoms with E-state index in [4.69, 9.17) is 10.5 Å². The third-order valence-corrected chi connectivity index (χ3v) is 3.49. The zero-order chi connectivity index (χ0) is 15.1. The molecule has 0 saturated heterocycles. The van der Waals surface area contributed by atoms with Gasteiger partial charge in [-0.1, -0.05) is 26.0 Å². The number of benzene rings is 1. The number of methoxy groups -OCH3 is 1. The molecule has 2 N–H and O–H groups in total. The highest BCUT2D eigenvalue weighted by Gasteiger charge is 2.14. The Morgan fingerprint density at radius 3 is 2.70 bits per heavy atom. The molecule has 0 saturated carbocycles. The summed E-state index contributed by atoms with van der Waals surface area (Å²) in [5.41, 5.74) is 7.71. The highest BCUT2D eigenvalue weighted by atomic mass is 16.5. The second-order valence-corrected chi connectivity index (χ2v) is 5.56. The molecule has 0 fully saturated rings. The molecule has 0 heterocycles. The van der Waals surface area contributed by atoms with Crippen LogP contribution in [0.2, 0.25) is 0 Å². The minimum atomic E-state index is 0.0268. The fourth-order valence-corrected chi connectivity index (χ4v) is 1.96. The highest BCUT2D eigenvalue weighted by Crippen LogP contribution is 2.10. The molecule has 0 radical (unpaired) electrons. The number of nitrogens with zero attached hydrogens (tertiary/aromatic N) is 1. The van der Waals surface area contributed by atoms with Crippen molar-refractivity contribution in [3.8, 4) is 0 Å². The maximum absolute atomic E-state index is 12.3. The first kappa shape index (κ1) is 16.7. The van der Waals surface area contributed by atoms with Crippen molar-refractivity contribution in [3.05, 3.63) is 35.4 Å². The first-order valence-corrected chi connectivity index (χ1v) is 7.04. The van der Waals surface area contributed by atoms with Gasteiger partial charge in [0.2, 0.25) is 0 Å². The molecule has 1 rings (SSSR count). The Kier molecular flexibility index (Phi) is 6.68. The number of carbonyl (C=O) groups is 1. The molecule has 0 aliphatic carbocycles. The largest absolute Gasteiger partial charge is 0.380 e. The number of ether oxygens (including phenoxy) is 1. The van der Waals surface area contributed by atoms with Gasteiger partial charge in [-0.15, -0.1) is 0 Å². The zero-order valence-electron chi connectivity index (χ0n) is 12.9. The third kappa shape index (κ3) is 4.94. The second kappa shape index (κ2) is 8.02. The van der Waals surface area contributed by atoms with Crippen LogP contribution in [0.5, 0.6) is 0 Å². The lowest BCUT2D eigenvalue weighted by molar-refractivity contribution is 0.0789. The Morgan fingerprint density at radius 2 is 2.10 bits per heavy atom. The lowest BCUT2D eigenvalue weighted by Gasteiger charge is -2.21. The van der Waals surface area contributed by atoms with E-state index < -0.39 is 0 Å². The van der Waals surface area contributed by atoms with Crippen molar-refractivity contribution in [3.63, 3.8) is 0 Å². The molecule has 0 spiro atoms. The number of hydrogen-bond acceptors (Lipinski definition) is 3. The van der Waals surface area contributed by atoms with E-state index in [9.17, 15) is 4.79 Å². The summed E-state index contributed by atoms with van der Waals surface area (Å²) in [6.07, 6.45) is 0.817. The van der Waals surface area contributed by atoms with Gasteiger partial charge in [0, 0.05) is 32.3 Å². The van der Waals surface area contributed by atoms with Crippen molar-refractivity contribution in [2.45, 2.75) is 32.9 Å². The predicted octanol–water partition coefficient (Wildman–Crippen LogP) is 2.28. The smallest absolute Gasteiger partial charge is 0.253 e. The van der Waals surface area contributed by atoms with E-state index in [1.54, 1.807) is 12.0 Å². The van der Waals surface area contributed by atoms with Crippen molar-refractivity contribution in [2.75, 3.05) is 20.7 Å². The van der Waals surface area contributed by atoms with E-state index in [1.165, 1.54) is 0 Å². The summed E-state index contributed by atoms with van der Waals surface area (Å²) in [6.45, 7) is 5.39. The molecule has 4 nitrogen and oxygen atoms in total. The number of nitrogens with two attached hydrogens (primary N) is 1. The Balaban J connectivity index is 2.62. The molecule has 1 aromatic rings. The van der Waals surface area contributed by atoms with E-state index in [0.29, 0.717) is 24.6 Å². The van der Waals surface area contributed by atoms with Crippen LogP contribution >= 0.6 is 0 Å². The average Bonchev–Trinajstić information content (AvgIpc) is 2.44. The molecule has 4 heteroatoms. The summed E-state index contributed by atoms with van der Waals surface area (Å²) >= 11 is 0. The van der Waals surface area contributed by atoms with Gasteiger partial charge in [-0.05, 0) is 30.0 Å². The summed E-state index contributed by atoms with van der Waals surface area (Å²) < 4.78 is 5.09. The summed E-state index contributed by atoms with van der Waals surface area (Å²) in [7, 11) is 3.46. The molecule has 0 aliphatic heterocycles. The van der Waals surface area contributed by atoms with E-state index in [0.717, 1.165) is 12.0 Å². The van der Waals surface area contributed by atoms with Gasteiger partial charge in [-0.25, -0.2) is 0 Å². The van der Waals surface area contributed by atoms with Crippen molar-refractivity contribution in [1.82, 2.24) is 4.90 Å². The third-order valence-electron chi connectivity index (χ3n) is 3.49. The van der Waals surface area contributed by atoms with Crippen LogP contribution in [-0.4, -0.2) is 37.6 Å². The highest BCUT2D eigenvalue weighted by molar-refractivity contribution is 5.94. The Bertz CT molecular complexity index is 432. The van der Waals surface area contributed by atoms with Crippen LogP contribution in [0, 0.1) is 5.92 Å². The lowest BCUT2D eigenvalue weighted by atomic mass is 10.0. The van der Waals surface area contributed by atoms with Gasteiger partial charge < -0.3 is 15.4 Å². The molecule has 1 amide bonds. The van der Waals surface area contributed by atoms with Crippen LogP contribution in [0.15, 0.2) is 24.3 Å². The van der Waals surface area contributed by atoms with Crippen LogP contribution in [0.25, 0.3) is 0 Å². The van der Waals surface area contributed by atoms with Crippen LogP contribution in [0.3, 0.4) is 0 Å². The maximum atomic E-state index is 12.3. The molecule has 20 heavy (non-hydrogen) atoms. The van der Waals surface area contributed by atoms with Gasteiger partial charge in [0.15, 0.2) is 0 Å². The minimum absolute atomic E-state index is 0.0268. The molecule has 1 unspecified atom stereocenters. The molecular weight excluding hydrogens is 252 g/mol. The van der Waals surface area contributed by atoms with Crippen LogP contribution in [0.1, 0.15) is 36.2 Å². The minimum Gasteiger partial charge on any atom is -0.380 e. The van der Waals surface area contributed by atoms with E-state index >= 15 is 0 Å². The van der Waals surface area contributed by atoms with Gasteiger partial charge in [0.25, 0.3) is 5.91 Å². The topological polar surface area (TPSA) is 55.6 Å². The normalized spacial score (nSPS) is 12.5. The molecule has 112 valence electrons. The van der Waals surface area contributed by atoms with Crippen molar-refractivity contribution >= 4 is 5.91 Å². The number of amides is 1. The quantitative estimate of drug-likeness (QED) is 0.832. The van der Waals surface area contributed by atoms with Crippen LogP contribution in [0.4, 0.5) is 0 Å². The van der Waals surface area contributed by atoms with E-state index in [2.05, 4.69) is 13.8 Å². The monoisotopic (exact) mass is 278 g/mol. The molecule has 0 bridgehead atoms. The first-order valence-electron chi connectivity index (χ1n) is 7.04. The van der Waals surface area contributed by atoms with Gasteiger partial charge >= 0.3 is 0 Å². The fourth-order valence-electron chi connectivity index (χ4n) is 1.96. The molecule has 0 aliphatic rings. The lowest BCUT2D eigenvalue weighted by Crippen LogP contribution is -2.34. The number of hydrogen-bond donors (Lipinski definition) is 1. The Hall–Kier alpha value is -1.39. The summed E-state index contributed by atoms with van der Waals surface area (Å²) in [5, 5.41) is 0. The molecule has 1 aromatic carbocycles. The van der Waals surface area contributed by atoms with Gasteiger partial charge in [-0.2, -0.15) is 0 Å². The first-order chi connectivity index (χ1) is 9.45. The number of carbonyl (C=O) groups excluding carboxylic acids is 1. The second-order valence-electron chi connectivity index (χ2n) is 5.56. The van der Waals surface area contributed by atoms with Crippen LogP contribution in [-0.2, 0) is 11.3 Å². The van der Waals surface area contributed by atoms with E-state index in [-0.39, 0.29) is 11.9 Å². The Labute approximate surface area is 121 Å². The Morgan fingerprint density at radius 1 is 1.40 bits per heavy atom. The van der Waals surface area contributed by atoms with E-state index in [1.807, 2.05) is 31.3 Å². The van der Waals surface area contributed by atoms with Gasteiger partial charge in [0.05, 0.1) is 6.61 Å². The van der Waals surface area contributed by atoms with Crippen molar-refractivity contribution in [1.29, 1.82) is 0 Å². The van der Waals surface area contributed by atoms with Gasteiger partial charge in [-0.3, -0.25) is 4.79 Å². The fraction of sp³-hybridized carbons (Fsp3) is 0.562. The standard InChI is InChI=1S/C16H26N2O2/c1-12(2)15(17)8-9-18(3)16(19)14-7-5-6-13(10-14)11-20-4/h5-7,10,12,15H,8-9,11,17H2,1-4H3. The predicted molar refractivity (Wildman–Crippen MR) is 81.5 cm³/mol.